The minimum atomic E-state index is -4.62. The van der Waals surface area contributed by atoms with Gasteiger partial charge in [0.05, 0.1) is 26.3 Å². The van der Waals surface area contributed by atoms with Gasteiger partial charge in [-0.15, -0.1) is 0 Å². The monoisotopic (exact) mass is 435 g/mol. The number of alkyl halides is 3. The summed E-state index contributed by atoms with van der Waals surface area (Å²) in [6, 6.07) is 5.23. The van der Waals surface area contributed by atoms with Crippen LogP contribution in [-0.4, -0.2) is 15.3 Å². The third kappa shape index (κ3) is 3.85. The summed E-state index contributed by atoms with van der Waals surface area (Å²) in [5.41, 5.74) is -0.297. The Kier molecular flexibility index (Phi) is 5.29. The number of nitrogens with zero attached hydrogens (tertiary/aromatic N) is 2. The van der Waals surface area contributed by atoms with Crippen molar-refractivity contribution in [3.05, 3.63) is 62.5 Å². The number of pyridine rings is 1. The smallest absolute Gasteiger partial charge is 0.321 e. The summed E-state index contributed by atoms with van der Waals surface area (Å²) >= 11 is 17.7. The number of aryl methyl sites for hydroxylation is 1. The van der Waals surface area contributed by atoms with E-state index in [-0.39, 0.29) is 21.4 Å². The molecule has 0 radical (unpaired) electrons. The molecular weight excluding hydrogens is 426 g/mol. The number of hydrogen-bond donors (Lipinski definition) is 1. The van der Waals surface area contributed by atoms with Gasteiger partial charge in [-0.2, -0.15) is 13.2 Å². The lowest BCUT2D eigenvalue weighted by molar-refractivity contribution is -0.137. The van der Waals surface area contributed by atoms with E-state index in [1.165, 1.54) is 18.2 Å². The topological polar surface area (TPSA) is 46.4 Å². The highest BCUT2D eigenvalue weighted by Crippen LogP contribution is 2.33. The largest absolute Gasteiger partial charge is 0.417 e. The Hall–Kier alpha value is -1.96. The molecule has 0 fully saturated rings. The van der Waals surface area contributed by atoms with Crippen molar-refractivity contribution in [2.75, 3.05) is 5.32 Å². The Bertz CT molecular complexity index is 1050. The fraction of sp³-hybridized carbons (Fsp3) is 0.176. The molecule has 142 valence electrons. The molecule has 10 heteroatoms. The van der Waals surface area contributed by atoms with Crippen molar-refractivity contribution in [1.29, 1.82) is 0 Å². The summed E-state index contributed by atoms with van der Waals surface area (Å²) in [5, 5.41) is 2.92. The highest BCUT2D eigenvalue weighted by Gasteiger charge is 2.33. The number of rotatable bonds is 3. The number of carbonyl (C=O) groups excluding carboxylic acids is 1. The van der Waals surface area contributed by atoms with Crippen molar-refractivity contribution in [2.24, 2.45) is 0 Å². The third-order valence-electron chi connectivity index (χ3n) is 3.80. The predicted molar refractivity (Wildman–Crippen MR) is 99.0 cm³/mol. The molecule has 0 saturated heterocycles. The van der Waals surface area contributed by atoms with Crippen molar-refractivity contribution in [1.82, 2.24) is 9.38 Å². The molecule has 1 aromatic carbocycles. The molecule has 0 bridgehead atoms. The van der Waals surface area contributed by atoms with E-state index in [0.29, 0.717) is 22.8 Å². The fourth-order valence-electron chi connectivity index (χ4n) is 2.56. The molecule has 2 aromatic heterocycles. The summed E-state index contributed by atoms with van der Waals surface area (Å²) < 4.78 is 40.4. The quantitative estimate of drug-likeness (QED) is 0.537. The van der Waals surface area contributed by atoms with Crippen molar-refractivity contribution < 1.29 is 18.0 Å². The molecule has 0 aliphatic heterocycles. The number of nitrogens with one attached hydrogen (secondary N) is 1. The maximum absolute atomic E-state index is 13.1. The molecule has 1 N–H and O–H groups in total. The van der Waals surface area contributed by atoms with Crippen LogP contribution in [0.1, 0.15) is 28.7 Å². The van der Waals surface area contributed by atoms with Crippen LogP contribution in [0.2, 0.25) is 15.1 Å². The van der Waals surface area contributed by atoms with Gasteiger partial charge in [0, 0.05) is 11.9 Å². The molecule has 3 rings (SSSR count). The Morgan fingerprint density at radius 3 is 2.44 bits per heavy atom. The van der Waals surface area contributed by atoms with Crippen LogP contribution < -0.4 is 5.32 Å². The Labute approximate surface area is 166 Å². The number of amides is 1. The van der Waals surface area contributed by atoms with Gasteiger partial charge < -0.3 is 5.32 Å². The molecule has 0 atom stereocenters. The van der Waals surface area contributed by atoms with Crippen LogP contribution in [0.4, 0.5) is 18.9 Å². The SMILES string of the molecule is CCc1nc2c(Cl)cc(C(F)(F)F)cn2c1C(=O)Nc1ccc(Cl)c(Cl)c1. The number of aromatic nitrogens is 2. The maximum Gasteiger partial charge on any atom is 0.417 e. The van der Waals surface area contributed by atoms with Crippen molar-refractivity contribution in [2.45, 2.75) is 19.5 Å². The summed E-state index contributed by atoms with van der Waals surface area (Å²) in [6.45, 7) is 1.73. The number of imidazole rings is 1. The second-order valence-corrected chi connectivity index (χ2v) is 6.83. The average Bonchev–Trinajstić information content (AvgIpc) is 2.96. The van der Waals surface area contributed by atoms with Crippen LogP contribution >= 0.6 is 34.8 Å². The first-order valence-corrected chi connectivity index (χ1v) is 8.79. The molecule has 0 unspecified atom stereocenters. The molecule has 0 aliphatic carbocycles. The highest BCUT2D eigenvalue weighted by molar-refractivity contribution is 6.42. The van der Waals surface area contributed by atoms with Gasteiger partial charge in [0.2, 0.25) is 0 Å². The second-order valence-electron chi connectivity index (χ2n) is 5.61. The summed E-state index contributed by atoms with van der Waals surface area (Å²) in [7, 11) is 0. The lowest BCUT2D eigenvalue weighted by atomic mass is 10.2. The number of anilines is 1. The van der Waals surface area contributed by atoms with E-state index in [0.717, 1.165) is 16.7 Å². The van der Waals surface area contributed by atoms with Crippen LogP contribution in [0.5, 0.6) is 0 Å². The Morgan fingerprint density at radius 2 is 1.85 bits per heavy atom. The van der Waals surface area contributed by atoms with Crippen LogP contribution in [0.25, 0.3) is 5.65 Å². The average molecular weight is 437 g/mol. The summed E-state index contributed by atoms with van der Waals surface area (Å²) in [6.07, 6.45) is -3.49. The van der Waals surface area contributed by atoms with Crippen LogP contribution in [0, 0.1) is 0 Å². The molecule has 0 aliphatic rings. The van der Waals surface area contributed by atoms with Gasteiger partial charge >= 0.3 is 6.18 Å². The van der Waals surface area contributed by atoms with Gasteiger partial charge in [0.1, 0.15) is 5.69 Å². The van der Waals surface area contributed by atoms with Crippen LogP contribution in [0.3, 0.4) is 0 Å². The van der Waals surface area contributed by atoms with E-state index >= 15 is 0 Å². The first kappa shape index (κ1) is 19.8. The van der Waals surface area contributed by atoms with Crippen LogP contribution in [0.15, 0.2) is 30.5 Å². The van der Waals surface area contributed by atoms with E-state index in [1.54, 1.807) is 6.92 Å². The van der Waals surface area contributed by atoms with Gasteiger partial charge in [0.25, 0.3) is 5.91 Å². The molecule has 1 amide bonds. The zero-order valence-electron chi connectivity index (χ0n) is 13.7. The number of halogens is 6. The zero-order valence-corrected chi connectivity index (χ0v) is 15.9. The van der Waals surface area contributed by atoms with E-state index < -0.39 is 17.6 Å². The Balaban J connectivity index is 2.12. The van der Waals surface area contributed by atoms with Gasteiger partial charge in [0.15, 0.2) is 5.65 Å². The fourth-order valence-corrected chi connectivity index (χ4v) is 3.11. The van der Waals surface area contributed by atoms with Gasteiger partial charge in [-0.25, -0.2) is 4.98 Å². The molecule has 4 nitrogen and oxygen atoms in total. The third-order valence-corrected chi connectivity index (χ3v) is 4.82. The lowest BCUT2D eigenvalue weighted by Gasteiger charge is -2.11. The normalized spacial score (nSPS) is 11.8. The van der Waals surface area contributed by atoms with E-state index in [9.17, 15) is 18.0 Å². The Morgan fingerprint density at radius 1 is 1.15 bits per heavy atom. The molecule has 3 aromatic rings. The van der Waals surface area contributed by atoms with E-state index in [1.807, 2.05) is 0 Å². The lowest BCUT2D eigenvalue weighted by Crippen LogP contribution is -2.17. The number of fused-ring (bicyclic) bond motifs is 1. The molecular formula is C17H11Cl3F3N3O. The standard InChI is InChI=1S/C17H11Cl3F3N3O/c1-2-13-14(16(27)24-9-3-4-10(18)11(19)6-9)26-7-8(17(21,22)23)5-12(20)15(26)25-13/h3-7H,2H2,1H3,(H,24,27). The van der Waals surface area contributed by atoms with Crippen molar-refractivity contribution in [3.8, 4) is 0 Å². The van der Waals surface area contributed by atoms with Gasteiger partial charge in [-0.1, -0.05) is 41.7 Å². The molecule has 2 heterocycles. The van der Waals surface area contributed by atoms with E-state index in [2.05, 4.69) is 10.3 Å². The zero-order chi connectivity index (χ0) is 19.9. The first-order chi connectivity index (χ1) is 12.6. The summed E-state index contributed by atoms with van der Waals surface area (Å²) in [4.78, 5) is 17.0. The highest BCUT2D eigenvalue weighted by atomic mass is 35.5. The van der Waals surface area contributed by atoms with Gasteiger partial charge in [-0.3, -0.25) is 9.20 Å². The second kappa shape index (κ2) is 7.22. The number of benzene rings is 1. The van der Waals surface area contributed by atoms with Gasteiger partial charge in [-0.05, 0) is 30.7 Å². The predicted octanol–water partition coefficient (Wildman–Crippen LogP) is 6.13. The minimum Gasteiger partial charge on any atom is -0.321 e. The molecule has 27 heavy (non-hydrogen) atoms. The minimum absolute atomic E-state index is 0.0356. The summed E-state index contributed by atoms with van der Waals surface area (Å²) in [5.74, 6) is -0.645. The van der Waals surface area contributed by atoms with E-state index in [4.69, 9.17) is 34.8 Å². The van der Waals surface area contributed by atoms with Crippen LogP contribution in [-0.2, 0) is 12.6 Å². The molecule has 0 spiro atoms. The molecule has 0 saturated carbocycles. The number of hydrogen-bond acceptors (Lipinski definition) is 2. The number of carbonyl (C=O) groups is 1. The maximum atomic E-state index is 13.1. The van der Waals surface area contributed by atoms with Crippen molar-refractivity contribution in [3.63, 3.8) is 0 Å². The van der Waals surface area contributed by atoms with Crippen molar-refractivity contribution >= 4 is 52.0 Å². The first-order valence-electron chi connectivity index (χ1n) is 7.66.